The average Bonchev–Trinajstić information content (AvgIpc) is 3.55. The molecule has 2 amide bonds. The van der Waals surface area contributed by atoms with Crippen molar-refractivity contribution in [3.8, 4) is 0 Å². The van der Waals surface area contributed by atoms with Crippen LogP contribution in [0.3, 0.4) is 0 Å². The molecule has 28 heavy (non-hydrogen) atoms. The van der Waals surface area contributed by atoms with Crippen molar-refractivity contribution in [1.29, 1.82) is 0 Å². The predicted octanol–water partition coefficient (Wildman–Crippen LogP) is 1.73. The third-order valence-corrected chi connectivity index (χ3v) is 6.85. The lowest BCUT2D eigenvalue weighted by Gasteiger charge is -2.49. The molecule has 0 bridgehead atoms. The molecule has 6 heteroatoms. The minimum absolute atomic E-state index is 0.0164. The lowest BCUT2D eigenvalue weighted by atomic mass is 9.86. The van der Waals surface area contributed by atoms with Crippen LogP contribution in [0.4, 0.5) is 0 Å². The van der Waals surface area contributed by atoms with Gasteiger partial charge in [0.1, 0.15) is 0 Å². The summed E-state index contributed by atoms with van der Waals surface area (Å²) >= 11 is 0. The highest BCUT2D eigenvalue weighted by atomic mass is 16.3. The molecule has 1 spiro atoms. The maximum atomic E-state index is 13.1. The molecule has 1 aliphatic carbocycles. The molecule has 0 unspecified atom stereocenters. The minimum atomic E-state index is -0.118. The van der Waals surface area contributed by atoms with Gasteiger partial charge in [-0.25, -0.2) is 0 Å². The summed E-state index contributed by atoms with van der Waals surface area (Å²) in [6.07, 6.45) is 4.83. The van der Waals surface area contributed by atoms with Gasteiger partial charge in [0.15, 0.2) is 0 Å². The number of benzene rings is 1. The van der Waals surface area contributed by atoms with Crippen molar-refractivity contribution in [2.45, 2.75) is 44.2 Å². The summed E-state index contributed by atoms with van der Waals surface area (Å²) in [4.78, 5) is 32.1. The van der Waals surface area contributed by atoms with E-state index < -0.39 is 0 Å². The van der Waals surface area contributed by atoms with Gasteiger partial charge in [0.2, 0.25) is 5.91 Å². The van der Waals surface area contributed by atoms with E-state index in [0.29, 0.717) is 31.0 Å². The Morgan fingerprint density at radius 3 is 2.57 bits per heavy atom. The number of aliphatic hydroxyl groups is 1. The number of piperazine rings is 1. The molecule has 1 saturated carbocycles. The van der Waals surface area contributed by atoms with Crippen LogP contribution in [-0.4, -0.2) is 76.9 Å². The number of nitrogens with zero attached hydrogens (tertiary/aromatic N) is 3. The largest absolute Gasteiger partial charge is 0.392 e. The predicted molar refractivity (Wildman–Crippen MR) is 107 cm³/mol. The summed E-state index contributed by atoms with van der Waals surface area (Å²) in [6, 6.07) is 7.21. The van der Waals surface area contributed by atoms with E-state index in [1.165, 1.54) is 12.8 Å². The van der Waals surface area contributed by atoms with E-state index in [9.17, 15) is 14.7 Å². The molecule has 4 rings (SSSR count). The number of carbonyl (C=O) groups excluding carboxylic acids is 2. The van der Waals surface area contributed by atoms with Crippen LogP contribution in [0, 0.1) is 5.92 Å². The highest BCUT2D eigenvalue weighted by molar-refractivity contribution is 5.94. The molecule has 2 saturated heterocycles. The number of carbonyl (C=O) groups is 2. The summed E-state index contributed by atoms with van der Waals surface area (Å²) < 4.78 is 0. The van der Waals surface area contributed by atoms with Gasteiger partial charge in [0, 0.05) is 50.2 Å². The second kappa shape index (κ2) is 7.84. The Kier molecular flexibility index (Phi) is 5.43. The Morgan fingerprint density at radius 1 is 1.14 bits per heavy atom. The molecule has 1 atom stereocenters. The van der Waals surface area contributed by atoms with Gasteiger partial charge in [-0.15, -0.1) is 0 Å². The van der Waals surface area contributed by atoms with Gasteiger partial charge in [-0.1, -0.05) is 12.1 Å². The summed E-state index contributed by atoms with van der Waals surface area (Å²) in [5, 5.41) is 9.21. The Hall–Kier alpha value is -1.92. The first-order valence-corrected chi connectivity index (χ1v) is 10.5. The summed E-state index contributed by atoms with van der Waals surface area (Å²) in [5.74, 6) is 1.03. The molecule has 3 fully saturated rings. The van der Waals surface area contributed by atoms with Crippen molar-refractivity contribution in [2.24, 2.45) is 5.92 Å². The second-order valence-electron chi connectivity index (χ2n) is 8.76. The fourth-order valence-electron chi connectivity index (χ4n) is 4.61. The molecule has 0 aromatic heterocycles. The molecule has 6 nitrogen and oxygen atoms in total. The van der Waals surface area contributed by atoms with Crippen LogP contribution in [0.1, 0.15) is 48.0 Å². The zero-order valence-electron chi connectivity index (χ0n) is 16.8. The highest BCUT2D eigenvalue weighted by Gasteiger charge is 2.44. The molecule has 1 N–H and O–H groups in total. The highest BCUT2D eigenvalue weighted by Crippen LogP contribution is 2.35. The van der Waals surface area contributed by atoms with Gasteiger partial charge in [-0.05, 0) is 56.3 Å². The quantitative estimate of drug-likeness (QED) is 0.857. The van der Waals surface area contributed by atoms with Crippen LogP contribution in [0.25, 0.3) is 0 Å². The lowest BCUT2D eigenvalue weighted by molar-refractivity contribution is -0.130. The molecular formula is C22H31N3O3. The normalized spacial score (nSPS) is 26.6. The Labute approximate surface area is 167 Å². The van der Waals surface area contributed by atoms with Crippen molar-refractivity contribution in [1.82, 2.24) is 14.7 Å². The summed E-state index contributed by atoms with van der Waals surface area (Å²) in [5.41, 5.74) is 1.36. The molecule has 1 aromatic carbocycles. The lowest BCUT2D eigenvalue weighted by Crippen LogP contribution is -2.62. The number of likely N-dealkylation sites (N-methyl/N-ethyl adjacent to an activating group) is 1. The van der Waals surface area contributed by atoms with Crippen LogP contribution < -0.4 is 0 Å². The molecule has 2 heterocycles. The first-order chi connectivity index (χ1) is 13.5. The number of rotatable bonds is 4. The fourth-order valence-corrected chi connectivity index (χ4v) is 4.61. The van der Waals surface area contributed by atoms with Crippen LogP contribution in [-0.2, 0) is 11.4 Å². The third-order valence-electron chi connectivity index (χ3n) is 6.85. The van der Waals surface area contributed by atoms with Crippen molar-refractivity contribution < 1.29 is 14.7 Å². The van der Waals surface area contributed by atoms with Crippen LogP contribution in [0.2, 0.25) is 0 Å². The Balaban J connectivity index is 1.47. The number of aliphatic hydroxyl groups excluding tert-OH is 1. The zero-order chi connectivity index (χ0) is 19.7. The van der Waals surface area contributed by atoms with Gasteiger partial charge < -0.3 is 14.9 Å². The maximum Gasteiger partial charge on any atom is 0.253 e. The van der Waals surface area contributed by atoms with Crippen LogP contribution in [0.5, 0.6) is 0 Å². The van der Waals surface area contributed by atoms with Gasteiger partial charge in [-0.3, -0.25) is 14.5 Å². The van der Waals surface area contributed by atoms with E-state index >= 15 is 0 Å². The molecule has 3 aliphatic rings. The van der Waals surface area contributed by atoms with E-state index in [0.717, 1.165) is 38.0 Å². The number of amides is 2. The zero-order valence-corrected chi connectivity index (χ0v) is 16.8. The van der Waals surface area contributed by atoms with Gasteiger partial charge in [0.05, 0.1) is 6.61 Å². The Bertz CT molecular complexity index is 731. The number of hydrogen-bond donors (Lipinski definition) is 1. The molecular weight excluding hydrogens is 354 g/mol. The van der Waals surface area contributed by atoms with Crippen molar-refractivity contribution in [2.75, 3.05) is 39.8 Å². The SMILES string of the molecule is CN1CCN(C(=O)c2ccc(CO)cc2)C[C@@]12CCC(=O)N(CC1CC1)CC2. The van der Waals surface area contributed by atoms with Crippen LogP contribution >= 0.6 is 0 Å². The number of likely N-dealkylation sites (tertiary alicyclic amines) is 1. The van der Waals surface area contributed by atoms with Gasteiger partial charge in [0.25, 0.3) is 5.91 Å². The second-order valence-corrected chi connectivity index (χ2v) is 8.76. The first kappa shape index (κ1) is 19.4. The van der Waals surface area contributed by atoms with Crippen molar-refractivity contribution >= 4 is 11.8 Å². The molecule has 0 radical (unpaired) electrons. The Morgan fingerprint density at radius 2 is 1.89 bits per heavy atom. The van der Waals surface area contributed by atoms with E-state index in [1.807, 2.05) is 4.90 Å². The maximum absolute atomic E-state index is 13.1. The third kappa shape index (κ3) is 3.94. The van der Waals surface area contributed by atoms with Gasteiger partial charge in [-0.2, -0.15) is 0 Å². The van der Waals surface area contributed by atoms with Crippen molar-refractivity contribution in [3.05, 3.63) is 35.4 Å². The van der Waals surface area contributed by atoms with E-state index in [1.54, 1.807) is 24.3 Å². The summed E-state index contributed by atoms with van der Waals surface area (Å²) in [7, 11) is 2.14. The fraction of sp³-hybridized carbons (Fsp3) is 0.636. The number of hydrogen-bond acceptors (Lipinski definition) is 4. The molecule has 152 valence electrons. The van der Waals surface area contributed by atoms with E-state index in [4.69, 9.17) is 0 Å². The van der Waals surface area contributed by atoms with Crippen molar-refractivity contribution in [3.63, 3.8) is 0 Å². The topological polar surface area (TPSA) is 64.1 Å². The van der Waals surface area contributed by atoms with Gasteiger partial charge >= 0.3 is 0 Å². The molecule has 1 aromatic rings. The molecule has 2 aliphatic heterocycles. The first-order valence-electron chi connectivity index (χ1n) is 10.5. The monoisotopic (exact) mass is 385 g/mol. The summed E-state index contributed by atoms with van der Waals surface area (Å²) in [6.45, 7) is 3.91. The minimum Gasteiger partial charge on any atom is -0.392 e. The average molecular weight is 386 g/mol. The van der Waals surface area contributed by atoms with E-state index in [2.05, 4.69) is 16.8 Å². The van der Waals surface area contributed by atoms with Crippen LogP contribution in [0.15, 0.2) is 24.3 Å². The van der Waals surface area contributed by atoms with E-state index in [-0.39, 0.29) is 24.0 Å². The standard InChI is InChI=1S/C22H31N3O3/c1-23-12-13-25(21(28)19-6-4-18(15-26)5-7-19)16-22(23)9-8-20(27)24(11-10-22)14-17-2-3-17/h4-7,17,26H,2-3,8-16H2,1H3/t22-/m0/s1. The smallest absolute Gasteiger partial charge is 0.253 e.